The number of sulfone groups is 1. The zero-order chi connectivity index (χ0) is 9.53. The van der Waals surface area contributed by atoms with Crippen LogP contribution in [0.2, 0.25) is 0 Å². The smallest absolute Gasteiger partial charge is 0.153 e. The Balaban J connectivity index is 2.18. The minimum absolute atomic E-state index is 0.0335. The Bertz CT molecular complexity index is 332. The molecule has 1 unspecified atom stereocenters. The molecular weight excluding hydrogens is 192 g/mol. The second-order valence-electron chi connectivity index (χ2n) is 3.84. The van der Waals surface area contributed by atoms with Gasteiger partial charge in [-0.3, -0.25) is 4.79 Å². The van der Waals surface area contributed by atoms with Crippen LogP contribution in [0.5, 0.6) is 0 Å². The van der Waals surface area contributed by atoms with Gasteiger partial charge < -0.3 is 4.74 Å². The molecule has 0 N–H and O–H groups in total. The van der Waals surface area contributed by atoms with Gasteiger partial charge in [0.05, 0.1) is 23.7 Å². The van der Waals surface area contributed by atoms with Crippen molar-refractivity contribution < 1.29 is 17.9 Å². The Hall–Kier alpha value is -0.420. The van der Waals surface area contributed by atoms with E-state index in [1.165, 1.54) is 0 Å². The molecule has 0 saturated carbocycles. The van der Waals surface area contributed by atoms with Gasteiger partial charge in [-0.05, 0) is 6.42 Å². The summed E-state index contributed by atoms with van der Waals surface area (Å²) in [6.45, 7) is 0.383. The van der Waals surface area contributed by atoms with E-state index in [1.807, 2.05) is 0 Å². The van der Waals surface area contributed by atoms with Crippen LogP contribution < -0.4 is 0 Å². The van der Waals surface area contributed by atoms with Crippen molar-refractivity contribution in [1.29, 1.82) is 0 Å². The summed E-state index contributed by atoms with van der Waals surface area (Å²) in [5, 5.41) is 0. The van der Waals surface area contributed by atoms with Gasteiger partial charge in [-0.15, -0.1) is 0 Å². The Morgan fingerprint density at radius 2 is 2.15 bits per heavy atom. The average Bonchev–Trinajstić information content (AvgIpc) is 2.26. The van der Waals surface area contributed by atoms with E-state index in [9.17, 15) is 13.2 Å². The normalized spacial score (nSPS) is 38.3. The first kappa shape index (κ1) is 9.15. The van der Waals surface area contributed by atoms with Gasteiger partial charge in [0.2, 0.25) is 0 Å². The summed E-state index contributed by atoms with van der Waals surface area (Å²) < 4.78 is 27.9. The second-order valence-corrected chi connectivity index (χ2v) is 6.02. The fraction of sp³-hybridized carbons (Fsp3) is 0.875. The van der Waals surface area contributed by atoms with Crippen molar-refractivity contribution in [1.82, 2.24) is 0 Å². The van der Waals surface area contributed by atoms with Crippen molar-refractivity contribution >= 4 is 15.6 Å². The molecule has 1 atom stereocenters. The second kappa shape index (κ2) is 2.78. The van der Waals surface area contributed by atoms with Crippen LogP contribution in [-0.2, 0) is 19.4 Å². The highest BCUT2D eigenvalue weighted by molar-refractivity contribution is 7.91. The minimum Gasteiger partial charge on any atom is -0.373 e. The summed E-state index contributed by atoms with van der Waals surface area (Å²) >= 11 is 0. The van der Waals surface area contributed by atoms with Crippen LogP contribution >= 0.6 is 0 Å². The molecule has 0 bridgehead atoms. The van der Waals surface area contributed by atoms with E-state index in [0.29, 0.717) is 19.4 Å². The van der Waals surface area contributed by atoms with Gasteiger partial charge in [-0.2, -0.15) is 0 Å². The van der Waals surface area contributed by atoms with Crippen molar-refractivity contribution in [2.24, 2.45) is 0 Å². The van der Waals surface area contributed by atoms with Crippen LogP contribution in [0.25, 0.3) is 0 Å². The molecule has 74 valence electrons. The highest BCUT2D eigenvalue weighted by Crippen LogP contribution is 2.33. The maximum absolute atomic E-state index is 11.2. The molecule has 0 aromatic heterocycles. The van der Waals surface area contributed by atoms with Crippen LogP contribution in [-0.4, -0.2) is 37.9 Å². The molecule has 0 aromatic carbocycles. The van der Waals surface area contributed by atoms with E-state index < -0.39 is 15.4 Å². The number of carbonyl (C=O) groups excluding carboxylic acids is 1. The average molecular weight is 204 g/mol. The summed E-state index contributed by atoms with van der Waals surface area (Å²) in [6.07, 6.45) is 1.20. The van der Waals surface area contributed by atoms with E-state index in [4.69, 9.17) is 4.74 Å². The van der Waals surface area contributed by atoms with Crippen LogP contribution in [0.15, 0.2) is 0 Å². The molecule has 0 amide bonds. The number of rotatable bonds is 0. The summed E-state index contributed by atoms with van der Waals surface area (Å²) in [7, 11) is -2.95. The molecule has 2 fully saturated rings. The van der Waals surface area contributed by atoms with Crippen LogP contribution in [0, 0.1) is 0 Å². The lowest BCUT2D eigenvalue weighted by atomic mass is 9.93. The van der Waals surface area contributed by atoms with Gasteiger partial charge in [0.1, 0.15) is 5.78 Å². The highest BCUT2D eigenvalue weighted by atomic mass is 32.2. The molecule has 2 rings (SSSR count). The third-order valence-electron chi connectivity index (χ3n) is 2.66. The van der Waals surface area contributed by atoms with E-state index in [-0.39, 0.29) is 23.7 Å². The first-order valence-corrected chi connectivity index (χ1v) is 6.20. The molecule has 2 heterocycles. The Kier molecular flexibility index (Phi) is 1.96. The number of carbonyl (C=O) groups is 1. The summed E-state index contributed by atoms with van der Waals surface area (Å²) in [5.74, 6) is 0.329. The van der Waals surface area contributed by atoms with Crippen molar-refractivity contribution in [3.05, 3.63) is 0 Å². The third kappa shape index (κ3) is 1.76. The lowest BCUT2D eigenvalue weighted by molar-refractivity contribution is -0.136. The van der Waals surface area contributed by atoms with Crippen molar-refractivity contribution in [2.45, 2.75) is 24.9 Å². The highest BCUT2D eigenvalue weighted by Gasteiger charge is 2.46. The lowest BCUT2D eigenvalue weighted by Crippen LogP contribution is -2.41. The van der Waals surface area contributed by atoms with E-state index in [1.54, 1.807) is 0 Å². The molecule has 2 aliphatic rings. The fourth-order valence-electron chi connectivity index (χ4n) is 2.02. The summed E-state index contributed by atoms with van der Waals surface area (Å²) in [4.78, 5) is 11.2. The molecule has 1 spiro atoms. The first-order chi connectivity index (χ1) is 6.02. The van der Waals surface area contributed by atoms with Crippen molar-refractivity contribution in [3.8, 4) is 0 Å². The lowest BCUT2D eigenvalue weighted by Gasteiger charge is -2.31. The molecule has 5 heteroatoms. The monoisotopic (exact) mass is 204 g/mol. The molecule has 4 nitrogen and oxygen atoms in total. The Morgan fingerprint density at radius 1 is 1.38 bits per heavy atom. The fourth-order valence-corrected chi connectivity index (χ4v) is 3.98. The van der Waals surface area contributed by atoms with Gasteiger partial charge in [0.15, 0.2) is 9.84 Å². The summed E-state index contributed by atoms with van der Waals surface area (Å²) in [5.41, 5.74) is -0.659. The van der Waals surface area contributed by atoms with Crippen LogP contribution in [0.4, 0.5) is 0 Å². The van der Waals surface area contributed by atoms with Crippen LogP contribution in [0.3, 0.4) is 0 Å². The zero-order valence-corrected chi connectivity index (χ0v) is 8.10. The van der Waals surface area contributed by atoms with Gasteiger partial charge >= 0.3 is 0 Å². The van der Waals surface area contributed by atoms with E-state index >= 15 is 0 Å². The van der Waals surface area contributed by atoms with Gasteiger partial charge in [0.25, 0.3) is 0 Å². The maximum Gasteiger partial charge on any atom is 0.153 e. The van der Waals surface area contributed by atoms with Gasteiger partial charge in [-0.1, -0.05) is 0 Å². The van der Waals surface area contributed by atoms with Crippen molar-refractivity contribution in [2.75, 3.05) is 18.1 Å². The number of hydrogen-bond acceptors (Lipinski definition) is 4. The molecule has 0 radical (unpaired) electrons. The predicted octanol–water partition coefficient (Wildman–Crippen LogP) is -0.0768. The SMILES string of the molecule is O=C1CCOC2(CCS(=O)(=O)C2)C1. The molecule has 13 heavy (non-hydrogen) atoms. The number of ether oxygens (including phenoxy) is 1. The Labute approximate surface area is 77.2 Å². The Morgan fingerprint density at radius 3 is 2.69 bits per heavy atom. The van der Waals surface area contributed by atoms with E-state index in [0.717, 1.165) is 0 Å². The molecule has 0 aliphatic carbocycles. The first-order valence-electron chi connectivity index (χ1n) is 4.38. The predicted molar refractivity (Wildman–Crippen MR) is 46.2 cm³/mol. The number of hydrogen-bond donors (Lipinski definition) is 0. The zero-order valence-electron chi connectivity index (χ0n) is 7.28. The number of ketones is 1. The van der Waals surface area contributed by atoms with Gasteiger partial charge in [0, 0.05) is 12.8 Å². The molecule has 2 saturated heterocycles. The van der Waals surface area contributed by atoms with Crippen molar-refractivity contribution in [3.63, 3.8) is 0 Å². The van der Waals surface area contributed by atoms with Crippen LogP contribution in [0.1, 0.15) is 19.3 Å². The number of Topliss-reactive ketones (excluding diaryl/α,β-unsaturated/α-hetero) is 1. The molecule has 2 aliphatic heterocycles. The quantitative estimate of drug-likeness (QED) is 0.554. The van der Waals surface area contributed by atoms with E-state index in [2.05, 4.69) is 0 Å². The topological polar surface area (TPSA) is 60.4 Å². The minimum atomic E-state index is -2.95. The third-order valence-corrected chi connectivity index (χ3v) is 4.45. The molecular formula is C8H12O4S. The summed E-state index contributed by atoms with van der Waals surface area (Å²) in [6, 6.07) is 0. The maximum atomic E-state index is 11.2. The van der Waals surface area contributed by atoms with Gasteiger partial charge in [-0.25, -0.2) is 8.42 Å². The standard InChI is InChI=1S/C8H12O4S/c9-7-1-3-12-8(5-7)2-4-13(10,11)6-8/h1-6H2. The largest absolute Gasteiger partial charge is 0.373 e. The molecule has 0 aromatic rings.